The highest BCUT2D eigenvalue weighted by Gasteiger charge is 2.56. The van der Waals surface area contributed by atoms with Gasteiger partial charge in [0.2, 0.25) is 0 Å². The summed E-state index contributed by atoms with van der Waals surface area (Å²) in [4.78, 5) is 13.8. The lowest BCUT2D eigenvalue weighted by Gasteiger charge is -2.26. The molecule has 4 rings (SSSR count). The molecule has 0 radical (unpaired) electrons. The Morgan fingerprint density at radius 2 is 1.74 bits per heavy atom. The highest BCUT2D eigenvalue weighted by molar-refractivity contribution is 8.03. The average molecular weight is 270 g/mol. The Morgan fingerprint density at radius 1 is 1.05 bits per heavy atom. The van der Waals surface area contributed by atoms with Crippen molar-refractivity contribution in [1.82, 2.24) is 0 Å². The Morgan fingerprint density at radius 3 is 2.42 bits per heavy atom. The van der Waals surface area contributed by atoms with Crippen molar-refractivity contribution in [3.63, 3.8) is 0 Å². The van der Waals surface area contributed by atoms with E-state index in [0.29, 0.717) is 23.5 Å². The third kappa shape index (κ3) is 1.53. The average Bonchev–Trinajstić information content (AvgIpc) is 3.11. The highest BCUT2D eigenvalue weighted by Crippen LogP contribution is 2.62. The molecule has 0 amide bonds. The molecule has 98 valence electrons. The van der Waals surface area contributed by atoms with Crippen LogP contribution >= 0.6 is 11.8 Å². The van der Waals surface area contributed by atoms with Crippen molar-refractivity contribution in [1.29, 1.82) is 0 Å². The predicted octanol–water partition coefficient (Wildman–Crippen LogP) is 4.01. The maximum absolute atomic E-state index is 12.7. The van der Waals surface area contributed by atoms with Gasteiger partial charge in [-0.15, -0.1) is 11.8 Å². The van der Waals surface area contributed by atoms with Crippen LogP contribution in [0.2, 0.25) is 0 Å². The molecule has 2 fully saturated rings. The maximum Gasteiger partial charge on any atom is 0.173 e. The number of carbonyl (C=O) groups is 1. The molecule has 0 N–H and O–H groups in total. The summed E-state index contributed by atoms with van der Waals surface area (Å²) in [5.74, 6) is 2.72. The van der Waals surface area contributed by atoms with Gasteiger partial charge in [-0.3, -0.25) is 4.79 Å². The standard InChI is InChI=1S/C17H18OS/c1-19-17-15(10-5-3-2-4-6-10)13-11-7-8-12(9-11)14(13)16(17)18/h2-6,11-14H,7-9H2,1H3. The molecule has 0 saturated heterocycles. The lowest BCUT2D eigenvalue weighted by atomic mass is 9.77. The minimum absolute atomic E-state index is 0.316. The molecule has 4 atom stereocenters. The fraction of sp³-hybridized carbons (Fsp3) is 0.471. The van der Waals surface area contributed by atoms with Crippen LogP contribution in [0, 0.1) is 23.7 Å². The van der Waals surface area contributed by atoms with Gasteiger partial charge in [-0.1, -0.05) is 30.3 Å². The highest BCUT2D eigenvalue weighted by atomic mass is 32.2. The first-order valence-corrected chi connectivity index (χ1v) is 8.41. The molecule has 2 bridgehead atoms. The quantitative estimate of drug-likeness (QED) is 0.808. The predicted molar refractivity (Wildman–Crippen MR) is 79.7 cm³/mol. The molecule has 0 aliphatic heterocycles. The van der Waals surface area contributed by atoms with Crippen molar-refractivity contribution in [3.05, 3.63) is 40.8 Å². The molecule has 0 aromatic heterocycles. The Hall–Kier alpha value is -1.02. The van der Waals surface area contributed by atoms with Gasteiger partial charge in [-0.05, 0) is 54.4 Å². The van der Waals surface area contributed by atoms with Crippen LogP contribution in [0.4, 0.5) is 0 Å². The minimum atomic E-state index is 0.316. The Bertz CT molecular complexity index is 560. The van der Waals surface area contributed by atoms with Crippen LogP contribution in [0.5, 0.6) is 0 Å². The first kappa shape index (κ1) is 11.8. The summed E-state index contributed by atoms with van der Waals surface area (Å²) in [7, 11) is 0. The molecule has 1 nitrogen and oxygen atoms in total. The van der Waals surface area contributed by atoms with Gasteiger partial charge in [-0.2, -0.15) is 0 Å². The summed E-state index contributed by atoms with van der Waals surface area (Å²) in [6.45, 7) is 0. The van der Waals surface area contributed by atoms with Crippen molar-refractivity contribution in [3.8, 4) is 0 Å². The zero-order valence-electron chi connectivity index (χ0n) is 11.1. The molecule has 2 saturated carbocycles. The molecule has 2 heteroatoms. The van der Waals surface area contributed by atoms with E-state index in [0.717, 1.165) is 10.8 Å². The maximum atomic E-state index is 12.7. The van der Waals surface area contributed by atoms with Crippen molar-refractivity contribution in [2.75, 3.05) is 6.26 Å². The molecule has 0 spiro atoms. The molecule has 1 aromatic carbocycles. The van der Waals surface area contributed by atoms with Crippen LogP contribution in [-0.2, 0) is 4.79 Å². The largest absolute Gasteiger partial charge is 0.293 e. The van der Waals surface area contributed by atoms with E-state index in [1.807, 2.05) is 0 Å². The Labute approximate surface area is 118 Å². The van der Waals surface area contributed by atoms with E-state index in [-0.39, 0.29) is 0 Å². The van der Waals surface area contributed by atoms with Gasteiger partial charge in [0.1, 0.15) is 0 Å². The first-order chi connectivity index (χ1) is 9.31. The van der Waals surface area contributed by atoms with Crippen LogP contribution in [-0.4, -0.2) is 12.0 Å². The zero-order chi connectivity index (χ0) is 13.0. The first-order valence-electron chi connectivity index (χ1n) is 7.19. The molecule has 0 heterocycles. The van der Waals surface area contributed by atoms with Gasteiger partial charge in [0.25, 0.3) is 0 Å². The molecular formula is C17H18OS. The van der Waals surface area contributed by atoms with Gasteiger partial charge in [0.15, 0.2) is 5.78 Å². The van der Waals surface area contributed by atoms with E-state index in [1.165, 1.54) is 30.4 Å². The topological polar surface area (TPSA) is 17.1 Å². The molecule has 1 aromatic rings. The second-order valence-electron chi connectivity index (χ2n) is 6.06. The van der Waals surface area contributed by atoms with Gasteiger partial charge in [0.05, 0.1) is 4.91 Å². The molecule has 3 aliphatic carbocycles. The number of fused-ring (bicyclic) bond motifs is 5. The molecule has 3 aliphatic rings. The van der Waals surface area contributed by atoms with Gasteiger partial charge in [0, 0.05) is 5.92 Å². The van der Waals surface area contributed by atoms with E-state index in [1.54, 1.807) is 11.8 Å². The number of thioether (sulfide) groups is 1. The SMILES string of the molecule is CSC1=C(c2ccccc2)C2C3CCC(C3)C2C1=O. The van der Waals surface area contributed by atoms with E-state index >= 15 is 0 Å². The van der Waals surface area contributed by atoms with Crippen LogP contribution in [0.1, 0.15) is 24.8 Å². The second-order valence-corrected chi connectivity index (χ2v) is 6.88. The van der Waals surface area contributed by atoms with Gasteiger partial charge >= 0.3 is 0 Å². The number of carbonyl (C=O) groups excluding carboxylic acids is 1. The van der Waals surface area contributed by atoms with Crippen LogP contribution in [0.3, 0.4) is 0 Å². The number of hydrogen-bond donors (Lipinski definition) is 0. The smallest absolute Gasteiger partial charge is 0.173 e. The number of ketones is 1. The lowest BCUT2D eigenvalue weighted by Crippen LogP contribution is -2.24. The van der Waals surface area contributed by atoms with Gasteiger partial charge < -0.3 is 0 Å². The van der Waals surface area contributed by atoms with Crippen molar-refractivity contribution in [2.45, 2.75) is 19.3 Å². The monoisotopic (exact) mass is 270 g/mol. The number of rotatable bonds is 2. The van der Waals surface area contributed by atoms with Crippen molar-refractivity contribution < 1.29 is 4.79 Å². The van der Waals surface area contributed by atoms with Crippen LogP contribution in [0.15, 0.2) is 35.2 Å². The summed E-state index contributed by atoms with van der Waals surface area (Å²) in [6, 6.07) is 10.6. The van der Waals surface area contributed by atoms with E-state index in [2.05, 4.69) is 36.6 Å². The second kappa shape index (κ2) is 4.24. The van der Waals surface area contributed by atoms with E-state index < -0.39 is 0 Å². The van der Waals surface area contributed by atoms with Crippen molar-refractivity contribution >= 4 is 23.1 Å². The number of hydrogen-bond acceptors (Lipinski definition) is 2. The van der Waals surface area contributed by atoms with Crippen molar-refractivity contribution in [2.24, 2.45) is 23.7 Å². The lowest BCUT2D eigenvalue weighted by molar-refractivity contribution is -0.119. The summed E-state index contributed by atoms with van der Waals surface area (Å²) in [6.07, 6.45) is 5.95. The van der Waals surface area contributed by atoms with E-state index in [9.17, 15) is 4.79 Å². The van der Waals surface area contributed by atoms with Crippen LogP contribution < -0.4 is 0 Å². The van der Waals surface area contributed by atoms with Gasteiger partial charge in [-0.25, -0.2) is 0 Å². The Kier molecular flexibility index (Phi) is 2.63. The minimum Gasteiger partial charge on any atom is -0.293 e. The number of allylic oxidation sites excluding steroid dienone is 2. The number of Topliss-reactive ketones (excluding diaryl/α,β-unsaturated/α-hetero) is 1. The molecule has 19 heavy (non-hydrogen) atoms. The zero-order valence-corrected chi connectivity index (χ0v) is 12.0. The molecule has 4 unspecified atom stereocenters. The third-order valence-corrected chi connectivity index (χ3v) is 6.14. The fourth-order valence-electron chi connectivity index (χ4n) is 4.67. The summed E-state index contributed by atoms with van der Waals surface area (Å²) in [5, 5.41) is 0. The summed E-state index contributed by atoms with van der Waals surface area (Å²) >= 11 is 1.66. The van der Waals surface area contributed by atoms with E-state index in [4.69, 9.17) is 0 Å². The normalized spacial score (nSPS) is 36.2. The molecular weight excluding hydrogens is 252 g/mol. The third-order valence-electron chi connectivity index (χ3n) is 5.31. The fourth-order valence-corrected chi connectivity index (χ4v) is 5.48. The number of benzene rings is 1. The summed E-state index contributed by atoms with van der Waals surface area (Å²) < 4.78 is 0. The Balaban J connectivity index is 1.86. The van der Waals surface area contributed by atoms with Crippen LogP contribution in [0.25, 0.3) is 5.57 Å². The summed E-state index contributed by atoms with van der Waals surface area (Å²) in [5.41, 5.74) is 2.65.